The van der Waals surface area contributed by atoms with E-state index in [4.69, 9.17) is 16.0 Å². The Morgan fingerprint density at radius 3 is 2.68 bits per heavy atom. The number of likely N-dealkylation sites (tertiary alicyclic amines) is 2. The number of aromatic nitrogens is 2. The Labute approximate surface area is 196 Å². The molecule has 2 atom stereocenters. The molecule has 180 valence electrons. The third-order valence-corrected chi connectivity index (χ3v) is 6.73. The van der Waals surface area contributed by atoms with E-state index in [1.54, 1.807) is 4.90 Å². The molecule has 3 aromatic heterocycles. The third kappa shape index (κ3) is 3.82. The van der Waals surface area contributed by atoms with Crippen LogP contribution in [-0.4, -0.2) is 67.9 Å². The molecular weight excluding hydrogens is 477 g/mol. The summed E-state index contributed by atoms with van der Waals surface area (Å²) in [5, 5.41) is 10.3. The molecule has 3 aromatic rings. The monoisotopic (exact) mass is 496 g/mol. The number of amides is 2. The third-order valence-electron chi connectivity index (χ3n) is 6.37. The van der Waals surface area contributed by atoms with E-state index in [-0.39, 0.29) is 35.4 Å². The molecular formula is C22H20ClF3N4O4. The average molecular weight is 497 g/mol. The predicted molar refractivity (Wildman–Crippen MR) is 114 cm³/mol. The molecule has 0 saturated carbocycles. The van der Waals surface area contributed by atoms with Crippen molar-refractivity contribution in [3.8, 4) is 11.1 Å². The maximum Gasteiger partial charge on any atom is 0.420 e. The van der Waals surface area contributed by atoms with E-state index >= 15 is 0 Å². The lowest BCUT2D eigenvalue weighted by Crippen LogP contribution is -2.55. The van der Waals surface area contributed by atoms with Gasteiger partial charge in [0.1, 0.15) is 5.15 Å². The normalized spacial score (nSPS) is 21.6. The predicted octanol–water partition coefficient (Wildman–Crippen LogP) is 3.46. The summed E-state index contributed by atoms with van der Waals surface area (Å²) in [6, 6.07) is 2.04. The zero-order valence-electron chi connectivity index (χ0n) is 17.8. The Kier molecular flexibility index (Phi) is 5.56. The molecule has 5 heterocycles. The van der Waals surface area contributed by atoms with Crippen molar-refractivity contribution in [1.82, 2.24) is 19.2 Å². The number of alkyl halides is 3. The first-order valence-corrected chi connectivity index (χ1v) is 11.1. The van der Waals surface area contributed by atoms with Gasteiger partial charge in [0.05, 0.1) is 30.2 Å². The van der Waals surface area contributed by atoms with Gasteiger partial charge in [0.2, 0.25) is 5.91 Å². The molecule has 0 spiro atoms. The second-order valence-corrected chi connectivity index (χ2v) is 8.82. The van der Waals surface area contributed by atoms with Gasteiger partial charge in [0.25, 0.3) is 5.91 Å². The molecule has 0 aromatic carbocycles. The summed E-state index contributed by atoms with van der Waals surface area (Å²) < 4.78 is 47.5. The highest BCUT2D eigenvalue weighted by Gasteiger charge is 2.40. The fourth-order valence-corrected chi connectivity index (χ4v) is 4.94. The number of β-amino-alcohol motifs (C(OH)–C–C–N with tert-alkyl or cyclic N) is 1. The molecule has 2 saturated heterocycles. The Balaban J connectivity index is 1.48. The lowest BCUT2D eigenvalue weighted by molar-refractivity contribution is -0.136. The minimum Gasteiger partial charge on any atom is -0.472 e. The van der Waals surface area contributed by atoms with Gasteiger partial charge in [-0.3, -0.25) is 14.0 Å². The van der Waals surface area contributed by atoms with Crippen LogP contribution in [-0.2, 0) is 11.0 Å². The van der Waals surface area contributed by atoms with Gasteiger partial charge in [0, 0.05) is 43.4 Å². The molecule has 12 heteroatoms. The smallest absolute Gasteiger partial charge is 0.420 e. The topological polar surface area (TPSA) is 91.3 Å². The molecule has 2 fully saturated rings. The maximum absolute atomic E-state index is 13.8. The van der Waals surface area contributed by atoms with Crippen LogP contribution in [0.25, 0.3) is 16.8 Å². The number of imidazole rings is 1. The molecule has 0 unspecified atom stereocenters. The van der Waals surface area contributed by atoms with Gasteiger partial charge in [-0.15, -0.1) is 0 Å². The first kappa shape index (κ1) is 22.7. The Morgan fingerprint density at radius 2 is 2.06 bits per heavy atom. The highest BCUT2D eigenvalue weighted by molar-refractivity contribution is 6.33. The Hall–Kier alpha value is -3.05. The van der Waals surface area contributed by atoms with Crippen molar-refractivity contribution in [2.24, 2.45) is 0 Å². The molecule has 5 rings (SSSR count). The molecule has 0 radical (unpaired) electrons. The maximum atomic E-state index is 13.8. The number of aliphatic hydroxyl groups is 1. The number of hydrogen-bond acceptors (Lipinski definition) is 5. The summed E-state index contributed by atoms with van der Waals surface area (Å²) in [5.74, 6) is -0.711. The second kappa shape index (κ2) is 8.31. The number of rotatable bonds is 3. The lowest BCUT2D eigenvalue weighted by Gasteiger charge is -2.40. The van der Waals surface area contributed by atoms with E-state index in [9.17, 15) is 27.9 Å². The summed E-state index contributed by atoms with van der Waals surface area (Å²) >= 11 is 6.36. The lowest BCUT2D eigenvalue weighted by atomic mass is 10.00. The number of furan rings is 1. The van der Waals surface area contributed by atoms with Crippen molar-refractivity contribution < 1.29 is 32.3 Å². The molecule has 1 N–H and O–H groups in total. The minimum atomic E-state index is -4.74. The number of nitrogens with zero attached hydrogens (tertiary/aromatic N) is 4. The summed E-state index contributed by atoms with van der Waals surface area (Å²) in [7, 11) is 0. The average Bonchev–Trinajstić information content (AvgIpc) is 3.53. The van der Waals surface area contributed by atoms with Crippen LogP contribution < -0.4 is 0 Å². The summed E-state index contributed by atoms with van der Waals surface area (Å²) in [5.41, 5.74) is -1.27. The number of halogens is 4. The number of piperidine rings is 1. The SMILES string of the molecule is O=C(c1nc2c(C(F)(F)F)cc(-c3ccoc3)cn2c1Cl)N1CC[C@@H](N2CCCC2=O)[C@H](O)C1. The highest BCUT2D eigenvalue weighted by atomic mass is 35.5. The van der Waals surface area contributed by atoms with Crippen LogP contribution in [0.3, 0.4) is 0 Å². The van der Waals surface area contributed by atoms with Crippen LogP contribution in [0.15, 0.2) is 35.3 Å². The molecule has 2 aliphatic heterocycles. The zero-order valence-corrected chi connectivity index (χ0v) is 18.5. The largest absolute Gasteiger partial charge is 0.472 e. The number of fused-ring (bicyclic) bond motifs is 1. The fraction of sp³-hybridized carbons (Fsp3) is 0.409. The van der Waals surface area contributed by atoms with E-state index in [1.165, 1.54) is 29.7 Å². The van der Waals surface area contributed by atoms with Crippen LogP contribution in [0.5, 0.6) is 0 Å². The van der Waals surface area contributed by atoms with Gasteiger partial charge < -0.3 is 19.3 Å². The summed E-state index contributed by atoms with van der Waals surface area (Å²) in [6.07, 6.45) is -0.212. The van der Waals surface area contributed by atoms with E-state index in [1.807, 2.05) is 0 Å². The first-order valence-electron chi connectivity index (χ1n) is 10.7. The molecule has 34 heavy (non-hydrogen) atoms. The molecule has 8 nitrogen and oxygen atoms in total. The van der Waals surface area contributed by atoms with E-state index in [0.717, 1.165) is 16.9 Å². The number of pyridine rings is 1. The highest BCUT2D eigenvalue weighted by Crippen LogP contribution is 2.37. The minimum absolute atomic E-state index is 0.0275. The van der Waals surface area contributed by atoms with Crippen molar-refractivity contribution in [2.45, 2.75) is 37.6 Å². The van der Waals surface area contributed by atoms with Crippen LogP contribution >= 0.6 is 11.6 Å². The van der Waals surface area contributed by atoms with Gasteiger partial charge >= 0.3 is 6.18 Å². The number of carbonyl (C=O) groups excluding carboxylic acids is 2. The Morgan fingerprint density at radius 1 is 1.26 bits per heavy atom. The van der Waals surface area contributed by atoms with Crippen LogP contribution in [0.2, 0.25) is 5.15 Å². The Bertz CT molecular complexity index is 1260. The van der Waals surface area contributed by atoms with Gasteiger partial charge in [0.15, 0.2) is 11.3 Å². The number of aliphatic hydroxyl groups excluding tert-OH is 1. The summed E-state index contributed by atoms with van der Waals surface area (Å²) in [4.78, 5) is 32.1. The van der Waals surface area contributed by atoms with Crippen LogP contribution in [0.4, 0.5) is 13.2 Å². The van der Waals surface area contributed by atoms with Gasteiger partial charge in [-0.25, -0.2) is 4.98 Å². The number of hydrogen-bond donors (Lipinski definition) is 1. The quantitative estimate of drug-likeness (QED) is 0.599. The van der Waals surface area contributed by atoms with Crippen LogP contribution in [0, 0.1) is 0 Å². The number of carbonyl (C=O) groups is 2. The van der Waals surface area contributed by atoms with Crippen molar-refractivity contribution in [1.29, 1.82) is 0 Å². The molecule has 0 bridgehead atoms. The molecule has 2 aliphatic rings. The van der Waals surface area contributed by atoms with Gasteiger partial charge in [-0.05, 0) is 25.0 Å². The van der Waals surface area contributed by atoms with E-state index in [2.05, 4.69) is 4.98 Å². The van der Waals surface area contributed by atoms with Crippen molar-refractivity contribution in [3.05, 3.63) is 47.3 Å². The van der Waals surface area contributed by atoms with Crippen molar-refractivity contribution in [3.63, 3.8) is 0 Å². The van der Waals surface area contributed by atoms with Crippen LogP contribution in [0.1, 0.15) is 35.3 Å². The van der Waals surface area contributed by atoms with Gasteiger partial charge in [-0.2, -0.15) is 13.2 Å². The second-order valence-electron chi connectivity index (χ2n) is 8.46. The molecule has 2 amide bonds. The zero-order chi connectivity index (χ0) is 24.2. The van der Waals surface area contributed by atoms with E-state index in [0.29, 0.717) is 24.9 Å². The van der Waals surface area contributed by atoms with Crippen molar-refractivity contribution >= 4 is 29.1 Å². The van der Waals surface area contributed by atoms with E-state index < -0.39 is 35.4 Å². The standard InChI is InChI=1S/C22H20ClF3N4O4/c23-19-18(21(33)28-6-3-15(16(31)10-28)29-5-1-2-17(29)32)27-20-14(22(24,25)26)8-13(9-30(19)20)12-4-7-34-11-12/h4,7-9,11,15-16,31H,1-3,5-6,10H2/t15-,16-/m1/s1. The summed E-state index contributed by atoms with van der Waals surface area (Å²) in [6.45, 7) is 0.691. The van der Waals surface area contributed by atoms with Gasteiger partial charge in [-0.1, -0.05) is 11.6 Å². The van der Waals surface area contributed by atoms with Crippen molar-refractivity contribution in [2.75, 3.05) is 19.6 Å². The fourth-order valence-electron chi connectivity index (χ4n) is 4.69. The first-order chi connectivity index (χ1) is 16.1. The molecule has 0 aliphatic carbocycles.